The van der Waals surface area contributed by atoms with Crippen LogP contribution >= 0.6 is 11.6 Å². The molecule has 1 aliphatic rings. The summed E-state index contributed by atoms with van der Waals surface area (Å²) in [6.07, 6.45) is 3.78. The first kappa shape index (κ1) is 17.9. The molecule has 1 aromatic carbocycles. The van der Waals surface area contributed by atoms with Crippen LogP contribution in [0.1, 0.15) is 51.4 Å². The Balaban J connectivity index is 1.68. The normalized spacial score (nSPS) is 24.7. The van der Waals surface area contributed by atoms with E-state index in [2.05, 4.69) is 15.5 Å². The van der Waals surface area contributed by atoms with Gasteiger partial charge in [0.2, 0.25) is 5.91 Å². The zero-order valence-corrected chi connectivity index (χ0v) is 15.2. The topological polar surface area (TPSA) is 94.0 Å². The van der Waals surface area contributed by atoms with E-state index < -0.39 is 5.54 Å². The minimum Gasteiger partial charge on any atom is -0.346 e. The fourth-order valence-electron chi connectivity index (χ4n) is 3.29. The number of nitrogens with zero attached hydrogens (tertiary/aromatic N) is 2. The van der Waals surface area contributed by atoms with Crippen LogP contribution in [0.3, 0.4) is 0 Å². The molecular weight excluding hydrogens is 340 g/mol. The Kier molecular flexibility index (Phi) is 5.11. The van der Waals surface area contributed by atoms with Crippen molar-refractivity contribution in [3.8, 4) is 11.5 Å². The van der Waals surface area contributed by atoms with E-state index >= 15 is 0 Å². The van der Waals surface area contributed by atoms with Gasteiger partial charge < -0.3 is 15.6 Å². The van der Waals surface area contributed by atoms with Crippen molar-refractivity contribution >= 4 is 17.5 Å². The summed E-state index contributed by atoms with van der Waals surface area (Å²) in [7, 11) is 0. The van der Waals surface area contributed by atoms with Gasteiger partial charge in [0, 0.05) is 16.1 Å². The van der Waals surface area contributed by atoms with Crippen LogP contribution in [0.15, 0.2) is 28.8 Å². The van der Waals surface area contributed by atoms with Crippen molar-refractivity contribution < 1.29 is 9.32 Å². The highest BCUT2D eigenvalue weighted by molar-refractivity contribution is 6.30. The highest BCUT2D eigenvalue weighted by Gasteiger charge is 2.38. The molecule has 25 heavy (non-hydrogen) atoms. The molecule has 0 spiro atoms. The average molecular weight is 363 g/mol. The first-order valence-corrected chi connectivity index (χ1v) is 8.93. The summed E-state index contributed by atoms with van der Waals surface area (Å²) in [5, 5.41) is 7.59. The van der Waals surface area contributed by atoms with E-state index in [4.69, 9.17) is 21.9 Å². The lowest BCUT2D eigenvalue weighted by molar-refractivity contribution is -0.128. The van der Waals surface area contributed by atoms with E-state index in [9.17, 15) is 4.79 Å². The molecule has 3 atom stereocenters. The Morgan fingerprint density at radius 1 is 1.40 bits per heavy atom. The van der Waals surface area contributed by atoms with Gasteiger partial charge in [-0.25, -0.2) is 0 Å². The van der Waals surface area contributed by atoms with E-state index in [1.54, 1.807) is 12.1 Å². The summed E-state index contributed by atoms with van der Waals surface area (Å²) in [5.41, 5.74) is 6.62. The van der Waals surface area contributed by atoms with Crippen molar-refractivity contribution in [2.45, 2.75) is 51.1 Å². The number of benzene rings is 1. The molecule has 0 radical (unpaired) electrons. The van der Waals surface area contributed by atoms with Gasteiger partial charge in [0.1, 0.15) is 0 Å². The number of amides is 1. The van der Waals surface area contributed by atoms with Crippen molar-refractivity contribution in [2.75, 3.05) is 0 Å². The van der Waals surface area contributed by atoms with Crippen molar-refractivity contribution in [3.63, 3.8) is 0 Å². The maximum Gasteiger partial charge on any atom is 0.257 e. The van der Waals surface area contributed by atoms with Gasteiger partial charge in [0.15, 0.2) is 5.82 Å². The Bertz CT molecular complexity index is 742. The van der Waals surface area contributed by atoms with Crippen LogP contribution in [-0.2, 0) is 4.79 Å². The van der Waals surface area contributed by atoms with E-state index in [1.807, 2.05) is 26.0 Å². The van der Waals surface area contributed by atoms with Crippen LogP contribution in [0.2, 0.25) is 5.02 Å². The van der Waals surface area contributed by atoms with E-state index in [0.717, 1.165) is 31.2 Å². The zero-order valence-electron chi connectivity index (χ0n) is 14.5. The lowest BCUT2D eigenvalue weighted by Gasteiger charge is -2.37. The number of halogens is 1. The Morgan fingerprint density at radius 2 is 2.12 bits per heavy atom. The number of nitrogens with one attached hydrogen (secondary N) is 1. The lowest BCUT2D eigenvalue weighted by atomic mass is 9.74. The third-order valence-electron chi connectivity index (χ3n) is 4.85. The Hall–Kier alpha value is -1.92. The largest absolute Gasteiger partial charge is 0.346 e. The quantitative estimate of drug-likeness (QED) is 0.868. The van der Waals surface area contributed by atoms with Gasteiger partial charge in [0.25, 0.3) is 5.89 Å². The maximum absolute atomic E-state index is 12.6. The predicted molar refractivity (Wildman–Crippen MR) is 95.9 cm³/mol. The van der Waals surface area contributed by atoms with Gasteiger partial charge in [0.05, 0.1) is 12.0 Å². The molecule has 0 saturated heterocycles. The number of carbonyl (C=O) groups excluding carboxylic acids is 1. The third kappa shape index (κ3) is 4.02. The maximum atomic E-state index is 12.6. The second-order valence-corrected chi connectivity index (χ2v) is 7.44. The van der Waals surface area contributed by atoms with Crippen LogP contribution in [0, 0.1) is 5.92 Å². The molecule has 1 aliphatic carbocycles. The number of aromatic nitrogens is 2. The average Bonchev–Trinajstić information content (AvgIpc) is 3.05. The molecular formula is C18H23ClN4O2. The first-order valence-electron chi connectivity index (χ1n) is 8.55. The summed E-state index contributed by atoms with van der Waals surface area (Å²) >= 11 is 5.88. The molecule has 0 bridgehead atoms. The molecule has 6 nitrogen and oxygen atoms in total. The number of hydrogen-bond acceptors (Lipinski definition) is 5. The predicted octanol–water partition coefficient (Wildman–Crippen LogP) is 3.47. The van der Waals surface area contributed by atoms with Gasteiger partial charge >= 0.3 is 0 Å². The summed E-state index contributed by atoms with van der Waals surface area (Å²) in [6, 6.07) is 6.79. The van der Waals surface area contributed by atoms with Crippen molar-refractivity contribution in [1.29, 1.82) is 0 Å². The minimum absolute atomic E-state index is 0.0463. The number of nitrogens with two attached hydrogens (primary N) is 1. The van der Waals surface area contributed by atoms with Crippen LogP contribution in [0.5, 0.6) is 0 Å². The van der Waals surface area contributed by atoms with E-state index in [1.165, 1.54) is 0 Å². The molecule has 1 aromatic heterocycles. The van der Waals surface area contributed by atoms with Crippen LogP contribution in [-0.4, -0.2) is 21.6 Å². The van der Waals surface area contributed by atoms with Crippen LogP contribution < -0.4 is 11.1 Å². The summed E-state index contributed by atoms with van der Waals surface area (Å²) in [4.78, 5) is 17.0. The molecule has 1 saturated carbocycles. The molecule has 134 valence electrons. The molecule has 3 unspecified atom stereocenters. The van der Waals surface area contributed by atoms with Crippen molar-refractivity contribution in [2.24, 2.45) is 11.7 Å². The molecule has 1 amide bonds. The standard InChI is InChI=1S/C18H23ClN4O2/c1-11(21-16(24)14-5-3-4-10-18(14,2)20)15-22-17(25-23-15)12-6-8-13(19)9-7-12/h6-9,11,14H,3-5,10,20H2,1-2H3,(H,21,24). The second-order valence-electron chi connectivity index (χ2n) is 7.00. The van der Waals surface area contributed by atoms with E-state index in [0.29, 0.717) is 16.7 Å². The van der Waals surface area contributed by atoms with Gasteiger partial charge in [-0.15, -0.1) is 0 Å². The number of hydrogen-bond donors (Lipinski definition) is 2. The van der Waals surface area contributed by atoms with Gasteiger partial charge in [-0.2, -0.15) is 4.98 Å². The van der Waals surface area contributed by atoms with E-state index in [-0.39, 0.29) is 17.9 Å². The summed E-state index contributed by atoms with van der Waals surface area (Å²) in [6.45, 7) is 3.79. The Morgan fingerprint density at radius 3 is 2.80 bits per heavy atom. The second kappa shape index (κ2) is 7.14. The van der Waals surface area contributed by atoms with Crippen molar-refractivity contribution in [1.82, 2.24) is 15.5 Å². The molecule has 7 heteroatoms. The molecule has 3 N–H and O–H groups in total. The number of carbonyl (C=O) groups is 1. The molecule has 1 fully saturated rings. The van der Waals surface area contributed by atoms with Crippen LogP contribution in [0.4, 0.5) is 0 Å². The van der Waals surface area contributed by atoms with Crippen molar-refractivity contribution in [3.05, 3.63) is 35.1 Å². The third-order valence-corrected chi connectivity index (χ3v) is 5.10. The summed E-state index contributed by atoms with van der Waals surface area (Å²) in [5.74, 6) is 0.600. The monoisotopic (exact) mass is 362 g/mol. The summed E-state index contributed by atoms with van der Waals surface area (Å²) < 4.78 is 5.30. The molecule has 2 aromatic rings. The molecule has 3 rings (SSSR count). The first-order chi connectivity index (χ1) is 11.9. The minimum atomic E-state index is -0.465. The van der Waals surface area contributed by atoms with Gasteiger partial charge in [-0.05, 0) is 51.0 Å². The smallest absolute Gasteiger partial charge is 0.257 e. The SMILES string of the molecule is CC(NC(=O)C1CCCCC1(C)N)c1noc(-c2ccc(Cl)cc2)n1. The molecule has 0 aliphatic heterocycles. The number of rotatable bonds is 4. The lowest BCUT2D eigenvalue weighted by Crippen LogP contribution is -2.53. The highest BCUT2D eigenvalue weighted by Crippen LogP contribution is 2.32. The van der Waals surface area contributed by atoms with Crippen LogP contribution in [0.25, 0.3) is 11.5 Å². The zero-order chi connectivity index (χ0) is 18.0. The Labute approximate surface area is 152 Å². The van der Waals surface area contributed by atoms with Gasteiger partial charge in [-0.3, -0.25) is 4.79 Å². The fourth-order valence-corrected chi connectivity index (χ4v) is 3.41. The van der Waals surface area contributed by atoms with Gasteiger partial charge in [-0.1, -0.05) is 29.6 Å². The highest BCUT2D eigenvalue weighted by atomic mass is 35.5. The fraction of sp³-hybridized carbons (Fsp3) is 0.500. The molecule has 1 heterocycles.